The summed E-state index contributed by atoms with van der Waals surface area (Å²) in [5, 5.41) is 5.56. The number of benzene rings is 2. The number of aryl methyl sites for hydroxylation is 2. The van der Waals surface area contributed by atoms with Crippen molar-refractivity contribution in [2.45, 2.75) is 20.8 Å². The lowest BCUT2D eigenvalue weighted by Gasteiger charge is -2.12. The summed E-state index contributed by atoms with van der Waals surface area (Å²) >= 11 is 0. The van der Waals surface area contributed by atoms with Gasteiger partial charge >= 0.3 is 6.03 Å². The Balaban J connectivity index is 1.73. The average Bonchev–Trinajstić information content (AvgIpc) is 2.50. The predicted molar refractivity (Wildman–Crippen MR) is 89.6 cm³/mol. The Kier molecular flexibility index (Phi) is 5.42. The number of nitrogens with one attached hydrogen (secondary N) is 2. The molecule has 2 amide bonds. The van der Waals surface area contributed by atoms with Crippen LogP contribution in [0.4, 0.5) is 10.5 Å². The van der Waals surface area contributed by atoms with Crippen molar-refractivity contribution < 1.29 is 9.53 Å². The van der Waals surface area contributed by atoms with E-state index in [1.54, 1.807) is 0 Å². The second-order valence-corrected chi connectivity index (χ2v) is 5.29. The van der Waals surface area contributed by atoms with E-state index in [0.29, 0.717) is 13.2 Å². The standard InChI is InChI=1S/C18H22N2O2/c1-13-7-9-16(10-8-13)20-18(21)19-11-12-22-17-6-4-5-14(2)15(17)3/h4-10H,11-12H2,1-3H3,(H2,19,20,21). The predicted octanol–water partition coefficient (Wildman–Crippen LogP) is 3.81. The molecule has 0 heterocycles. The molecule has 2 aromatic rings. The van der Waals surface area contributed by atoms with E-state index < -0.39 is 0 Å². The molecule has 0 spiro atoms. The molecular weight excluding hydrogens is 276 g/mol. The lowest BCUT2D eigenvalue weighted by Crippen LogP contribution is -2.32. The monoisotopic (exact) mass is 298 g/mol. The third-order valence-electron chi connectivity index (χ3n) is 3.51. The normalized spacial score (nSPS) is 10.1. The van der Waals surface area contributed by atoms with Crippen molar-refractivity contribution >= 4 is 11.7 Å². The fraction of sp³-hybridized carbons (Fsp3) is 0.278. The molecule has 4 nitrogen and oxygen atoms in total. The Morgan fingerprint density at radius 3 is 2.50 bits per heavy atom. The summed E-state index contributed by atoms with van der Waals surface area (Å²) in [7, 11) is 0. The molecule has 2 N–H and O–H groups in total. The molecule has 22 heavy (non-hydrogen) atoms. The minimum absolute atomic E-state index is 0.228. The Labute approximate surface area is 131 Å². The van der Waals surface area contributed by atoms with E-state index >= 15 is 0 Å². The maximum Gasteiger partial charge on any atom is 0.319 e. The molecule has 0 saturated heterocycles. The molecule has 0 saturated carbocycles. The molecule has 4 heteroatoms. The van der Waals surface area contributed by atoms with E-state index in [1.165, 1.54) is 5.56 Å². The van der Waals surface area contributed by atoms with Crippen LogP contribution in [0.2, 0.25) is 0 Å². The van der Waals surface area contributed by atoms with Crippen molar-refractivity contribution in [3.8, 4) is 5.75 Å². The number of anilines is 1. The molecule has 0 aliphatic carbocycles. The molecule has 0 fully saturated rings. The van der Waals surface area contributed by atoms with Crippen LogP contribution in [0.1, 0.15) is 16.7 Å². The Morgan fingerprint density at radius 2 is 1.77 bits per heavy atom. The van der Waals surface area contributed by atoms with Gasteiger partial charge in [0.25, 0.3) is 0 Å². The average molecular weight is 298 g/mol. The maximum atomic E-state index is 11.8. The third kappa shape index (κ3) is 4.52. The van der Waals surface area contributed by atoms with Gasteiger partial charge in [-0.1, -0.05) is 29.8 Å². The van der Waals surface area contributed by atoms with Crippen LogP contribution in [0.25, 0.3) is 0 Å². The molecule has 0 radical (unpaired) electrons. The number of rotatable bonds is 5. The number of urea groups is 1. The number of amides is 2. The van der Waals surface area contributed by atoms with Crippen LogP contribution in [0, 0.1) is 20.8 Å². The molecule has 2 aromatic carbocycles. The molecule has 0 aromatic heterocycles. The summed E-state index contributed by atoms with van der Waals surface area (Å²) in [6.07, 6.45) is 0. The topological polar surface area (TPSA) is 50.4 Å². The van der Waals surface area contributed by atoms with Gasteiger partial charge in [0.1, 0.15) is 12.4 Å². The van der Waals surface area contributed by atoms with Gasteiger partial charge in [-0.05, 0) is 50.1 Å². The molecule has 0 aliphatic rings. The van der Waals surface area contributed by atoms with E-state index in [0.717, 1.165) is 22.6 Å². The number of carbonyl (C=O) groups excluding carboxylic acids is 1. The molecule has 116 valence electrons. The number of hydrogen-bond donors (Lipinski definition) is 2. The van der Waals surface area contributed by atoms with Gasteiger partial charge < -0.3 is 15.4 Å². The summed E-state index contributed by atoms with van der Waals surface area (Å²) in [5.74, 6) is 0.862. The second-order valence-electron chi connectivity index (χ2n) is 5.29. The number of hydrogen-bond acceptors (Lipinski definition) is 2. The smallest absolute Gasteiger partial charge is 0.319 e. The molecular formula is C18H22N2O2. The van der Waals surface area contributed by atoms with E-state index in [2.05, 4.69) is 23.6 Å². The zero-order valence-corrected chi connectivity index (χ0v) is 13.3. The van der Waals surface area contributed by atoms with Crippen LogP contribution >= 0.6 is 0 Å². The summed E-state index contributed by atoms with van der Waals surface area (Å²) in [5.41, 5.74) is 4.26. The minimum Gasteiger partial charge on any atom is -0.491 e. The van der Waals surface area contributed by atoms with Crippen molar-refractivity contribution in [3.05, 3.63) is 59.2 Å². The van der Waals surface area contributed by atoms with Crippen LogP contribution in [0.15, 0.2) is 42.5 Å². The third-order valence-corrected chi connectivity index (χ3v) is 3.51. The summed E-state index contributed by atoms with van der Waals surface area (Å²) in [4.78, 5) is 11.8. The summed E-state index contributed by atoms with van der Waals surface area (Å²) < 4.78 is 5.69. The highest BCUT2D eigenvalue weighted by Crippen LogP contribution is 2.20. The lowest BCUT2D eigenvalue weighted by atomic mass is 10.1. The first-order valence-corrected chi connectivity index (χ1v) is 7.37. The van der Waals surface area contributed by atoms with Gasteiger partial charge in [0.2, 0.25) is 0 Å². The van der Waals surface area contributed by atoms with E-state index in [4.69, 9.17) is 4.74 Å². The Hall–Kier alpha value is -2.49. The first-order chi connectivity index (χ1) is 10.6. The molecule has 0 unspecified atom stereocenters. The summed E-state index contributed by atoms with van der Waals surface area (Å²) in [6, 6.07) is 13.4. The zero-order chi connectivity index (χ0) is 15.9. The number of ether oxygens (including phenoxy) is 1. The van der Waals surface area contributed by atoms with Gasteiger partial charge in [-0.25, -0.2) is 4.79 Å². The Morgan fingerprint density at radius 1 is 1.05 bits per heavy atom. The fourth-order valence-electron chi connectivity index (χ4n) is 2.02. The van der Waals surface area contributed by atoms with Crippen molar-refractivity contribution in [1.29, 1.82) is 0 Å². The van der Waals surface area contributed by atoms with Gasteiger partial charge in [0.15, 0.2) is 0 Å². The fourth-order valence-corrected chi connectivity index (χ4v) is 2.02. The van der Waals surface area contributed by atoms with Crippen LogP contribution in [0.5, 0.6) is 5.75 Å². The molecule has 0 bridgehead atoms. The first-order valence-electron chi connectivity index (χ1n) is 7.37. The highest BCUT2D eigenvalue weighted by Gasteiger charge is 2.03. The van der Waals surface area contributed by atoms with Crippen molar-refractivity contribution in [2.75, 3.05) is 18.5 Å². The van der Waals surface area contributed by atoms with Crippen LogP contribution in [0.3, 0.4) is 0 Å². The second kappa shape index (κ2) is 7.50. The lowest BCUT2D eigenvalue weighted by molar-refractivity contribution is 0.247. The minimum atomic E-state index is -0.228. The van der Waals surface area contributed by atoms with Crippen LogP contribution in [-0.2, 0) is 0 Å². The number of carbonyl (C=O) groups is 1. The Bertz CT molecular complexity index is 636. The first kappa shape index (κ1) is 15.9. The highest BCUT2D eigenvalue weighted by atomic mass is 16.5. The maximum absolute atomic E-state index is 11.8. The summed E-state index contributed by atoms with van der Waals surface area (Å²) in [6.45, 7) is 6.98. The zero-order valence-electron chi connectivity index (χ0n) is 13.3. The largest absolute Gasteiger partial charge is 0.491 e. The van der Waals surface area contributed by atoms with E-state index in [-0.39, 0.29) is 6.03 Å². The highest BCUT2D eigenvalue weighted by molar-refractivity contribution is 5.89. The molecule has 0 aliphatic heterocycles. The molecule has 2 rings (SSSR count). The SMILES string of the molecule is Cc1ccc(NC(=O)NCCOc2cccc(C)c2C)cc1. The van der Waals surface area contributed by atoms with Crippen LogP contribution < -0.4 is 15.4 Å². The van der Waals surface area contributed by atoms with Gasteiger partial charge in [0, 0.05) is 5.69 Å². The van der Waals surface area contributed by atoms with E-state index in [9.17, 15) is 4.79 Å². The van der Waals surface area contributed by atoms with Crippen LogP contribution in [-0.4, -0.2) is 19.2 Å². The quantitative estimate of drug-likeness (QED) is 0.825. The van der Waals surface area contributed by atoms with Gasteiger partial charge in [-0.2, -0.15) is 0 Å². The van der Waals surface area contributed by atoms with Crippen molar-refractivity contribution in [1.82, 2.24) is 5.32 Å². The van der Waals surface area contributed by atoms with Gasteiger partial charge in [-0.15, -0.1) is 0 Å². The van der Waals surface area contributed by atoms with Crippen molar-refractivity contribution in [3.63, 3.8) is 0 Å². The molecule has 0 atom stereocenters. The van der Waals surface area contributed by atoms with Gasteiger partial charge in [0.05, 0.1) is 6.54 Å². The van der Waals surface area contributed by atoms with Gasteiger partial charge in [-0.3, -0.25) is 0 Å². The van der Waals surface area contributed by atoms with E-state index in [1.807, 2.05) is 50.2 Å². The van der Waals surface area contributed by atoms with Crippen molar-refractivity contribution in [2.24, 2.45) is 0 Å².